The monoisotopic (exact) mass is 394 g/mol. The van der Waals surface area contributed by atoms with Crippen molar-refractivity contribution in [3.8, 4) is 0 Å². The van der Waals surface area contributed by atoms with Crippen molar-refractivity contribution in [1.82, 2.24) is 10.2 Å². The molecule has 0 bridgehead atoms. The summed E-state index contributed by atoms with van der Waals surface area (Å²) in [4.78, 5) is 39.8. The quantitative estimate of drug-likeness (QED) is 0.756. The predicted molar refractivity (Wildman–Crippen MR) is 98.0 cm³/mol. The molecular formula is C16H15ClN4O4S. The third-order valence-electron chi connectivity index (χ3n) is 4.31. The summed E-state index contributed by atoms with van der Waals surface area (Å²) in [6.07, 6.45) is 0. The second-order valence-electron chi connectivity index (χ2n) is 5.88. The van der Waals surface area contributed by atoms with Crippen LogP contribution in [0.25, 0.3) is 0 Å². The molecule has 0 spiro atoms. The zero-order valence-electron chi connectivity index (χ0n) is 13.5. The fourth-order valence-corrected chi connectivity index (χ4v) is 3.96. The van der Waals surface area contributed by atoms with Gasteiger partial charge in [-0.1, -0.05) is 11.6 Å². The molecule has 3 aliphatic heterocycles. The Labute approximate surface area is 158 Å². The molecule has 3 aliphatic rings. The highest BCUT2D eigenvalue weighted by molar-refractivity contribution is 8.02. The normalized spacial score (nSPS) is 22.2. The molecule has 0 saturated carbocycles. The summed E-state index contributed by atoms with van der Waals surface area (Å²) in [6.45, 7) is 0.967. The van der Waals surface area contributed by atoms with Crippen molar-refractivity contribution in [3.63, 3.8) is 0 Å². The molecule has 1 aromatic rings. The van der Waals surface area contributed by atoms with Gasteiger partial charge in [-0.25, -0.2) is 9.69 Å². The number of hydrogen-bond acceptors (Lipinski definition) is 6. The van der Waals surface area contributed by atoms with Gasteiger partial charge in [0.05, 0.1) is 29.8 Å². The lowest BCUT2D eigenvalue weighted by molar-refractivity contribution is -0.123. The maximum Gasteiger partial charge on any atom is 0.332 e. The number of hydrogen-bond donors (Lipinski definition) is 2. The van der Waals surface area contributed by atoms with Crippen molar-refractivity contribution in [2.24, 2.45) is 0 Å². The van der Waals surface area contributed by atoms with E-state index in [2.05, 4.69) is 10.6 Å². The average Bonchev–Trinajstić information content (AvgIpc) is 3.25. The zero-order chi connectivity index (χ0) is 18.3. The molecule has 26 heavy (non-hydrogen) atoms. The van der Waals surface area contributed by atoms with Gasteiger partial charge in [0.2, 0.25) is 0 Å². The number of fused-ring (bicyclic) bond motifs is 1. The van der Waals surface area contributed by atoms with E-state index in [4.69, 9.17) is 16.3 Å². The summed E-state index contributed by atoms with van der Waals surface area (Å²) in [7, 11) is 0. The molecule has 1 atom stereocenters. The van der Waals surface area contributed by atoms with E-state index in [1.54, 1.807) is 17.5 Å². The van der Waals surface area contributed by atoms with Crippen LogP contribution in [-0.2, 0) is 14.3 Å². The first kappa shape index (κ1) is 17.2. The maximum absolute atomic E-state index is 12.6. The highest BCUT2D eigenvalue weighted by Gasteiger charge is 2.47. The summed E-state index contributed by atoms with van der Waals surface area (Å²) in [5.74, 6) is 0.0235. The van der Waals surface area contributed by atoms with E-state index in [0.717, 1.165) is 4.90 Å². The van der Waals surface area contributed by atoms with Gasteiger partial charge in [-0.3, -0.25) is 9.59 Å². The minimum absolute atomic E-state index is 0.187. The molecule has 0 aromatic heterocycles. The highest BCUT2D eigenvalue weighted by atomic mass is 35.5. The fourth-order valence-electron chi connectivity index (χ4n) is 3.02. The van der Waals surface area contributed by atoms with Crippen LogP contribution in [0.3, 0.4) is 0 Å². The Morgan fingerprint density at radius 2 is 2.23 bits per heavy atom. The number of morpholine rings is 1. The first-order chi connectivity index (χ1) is 12.6. The van der Waals surface area contributed by atoms with Crippen LogP contribution in [0, 0.1) is 0 Å². The Morgan fingerprint density at radius 1 is 1.38 bits per heavy atom. The summed E-state index contributed by atoms with van der Waals surface area (Å²) in [5.41, 5.74) is 1.25. The van der Waals surface area contributed by atoms with E-state index >= 15 is 0 Å². The number of ether oxygens (including phenoxy) is 1. The lowest BCUT2D eigenvalue weighted by atomic mass is 10.2. The molecule has 10 heteroatoms. The SMILES string of the molecule is O=C(Nc1ccc(N2C(=O)C3COCCN3C2=O)c(Cl)c1)C1=CSCN1. The molecule has 1 aromatic carbocycles. The van der Waals surface area contributed by atoms with Gasteiger partial charge in [-0.05, 0) is 18.2 Å². The van der Waals surface area contributed by atoms with Crippen LogP contribution in [0.2, 0.25) is 5.02 Å². The van der Waals surface area contributed by atoms with Gasteiger partial charge in [0.25, 0.3) is 11.8 Å². The van der Waals surface area contributed by atoms with Crippen LogP contribution in [0.15, 0.2) is 29.3 Å². The zero-order valence-corrected chi connectivity index (χ0v) is 15.1. The molecule has 3 heterocycles. The van der Waals surface area contributed by atoms with Crippen molar-refractivity contribution in [1.29, 1.82) is 0 Å². The van der Waals surface area contributed by atoms with Gasteiger partial charge < -0.3 is 20.3 Å². The number of imide groups is 1. The molecule has 2 saturated heterocycles. The van der Waals surface area contributed by atoms with Crippen LogP contribution in [0.5, 0.6) is 0 Å². The van der Waals surface area contributed by atoms with Crippen LogP contribution >= 0.6 is 23.4 Å². The second kappa shape index (κ2) is 6.82. The Balaban J connectivity index is 1.55. The summed E-state index contributed by atoms with van der Waals surface area (Å²) < 4.78 is 5.29. The lowest BCUT2D eigenvalue weighted by Crippen LogP contribution is -2.45. The van der Waals surface area contributed by atoms with Gasteiger partial charge in [-0.15, -0.1) is 11.8 Å². The summed E-state index contributed by atoms with van der Waals surface area (Å²) in [6, 6.07) is 3.67. The number of halogens is 1. The van der Waals surface area contributed by atoms with Crippen molar-refractivity contribution >= 4 is 52.6 Å². The Kier molecular flexibility index (Phi) is 4.51. The molecule has 1 unspecified atom stereocenters. The minimum Gasteiger partial charge on any atom is -0.377 e. The first-order valence-electron chi connectivity index (χ1n) is 7.95. The molecular weight excluding hydrogens is 380 g/mol. The fraction of sp³-hybridized carbons (Fsp3) is 0.312. The number of benzene rings is 1. The van der Waals surface area contributed by atoms with Gasteiger partial charge >= 0.3 is 6.03 Å². The van der Waals surface area contributed by atoms with Crippen LogP contribution in [-0.4, -0.2) is 54.4 Å². The number of thioether (sulfide) groups is 1. The number of carbonyl (C=O) groups excluding carboxylic acids is 3. The standard InChI is InChI=1S/C16H15ClN4O4S/c17-10-5-9(19-14(22)11-7-26-8-18-11)1-2-12(10)21-15(23)13-6-25-4-3-20(13)16(21)24/h1-2,5,7,13,18H,3-4,6,8H2,(H,19,22). The summed E-state index contributed by atoms with van der Waals surface area (Å²) in [5, 5.41) is 7.62. The van der Waals surface area contributed by atoms with E-state index in [1.807, 2.05) is 0 Å². The van der Waals surface area contributed by atoms with E-state index in [-0.39, 0.29) is 23.4 Å². The largest absolute Gasteiger partial charge is 0.377 e. The summed E-state index contributed by atoms with van der Waals surface area (Å²) >= 11 is 7.80. The number of urea groups is 1. The first-order valence-corrected chi connectivity index (χ1v) is 9.38. The number of amides is 4. The van der Waals surface area contributed by atoms with Gasteiger partial charge in [0.15, 0.2) is 0 Å². The molecule has 4 rings (SSSR count). The number of nitrogens with zero attached hydrogens (tertiary/aromatic N) is 2. The van der Waals surface area contributed by atoms with Crippen LogP contribution < -0.4 is 15.5 Å². The molecule has 136 valence electrons. The number of carbonyl (C=O) groups is 3. The highest BCUT2D eigenvalue weighted by Crippen LogP contribution is 2.34. The minimum atomic E-state index is -0.607. The third-order valence-corrected chi connectivity index (χ3v) is 5.33. The van der Waals surface area contributed by atoms with Crippen molar-refractivity contribution in [2.45, 2.75) is 6.04 Å². The smallest absolute Gasteiger partial charge is 0.332 e. The number of rotatable bonds is 3. The molecule has 4 amide bonds. The molecule has 2 N–H and O–H groups in total. The number of anilines is 2. The van der Waals surface area contributed by atoms with E-state index in [1.165, 1.54) is 22.7 Å². The average molecular weight is 395 g/mol. The molecule has 0 radical (unpaired) electrons. The van der Waals surface area contributed by atoms with E-state index in [0.29, 0.717) is 36.1 Å². The molecule has 2 fully saturated rings. The Morgan fingerprint density at radius 3 is 2.92 bits per heavy atom. The second-order valence-corrected chi connectivity index (χ2v) is 7.14. The van der Waals surface area contributed by atoms with Gasteiger partial charge in [0, 0.05) is 17.6 Å². The number of nitrogens with one attached hydrogen (secondary N) is 2. The van der Waals surface area contributed by atoms with Crippen molar-refractivity contribution in [2.75, 3.05) is 35.9 Å². The van der Waals surface area contributed by atoms with Crippen LogP contribution in [0.1, 0.15) is 0 Å². The Bertz CT molecular complexity index is 806. The topological polar surface area (TPSA) is 91.0 Å². The Hall–Kier alpha value is -2.23. The van der Waals surface area contributed by atoms with Crippen molar-refractivity contribution < 1.29 is 19.1 Å². The van der Waals surface area contributed by atoms with E-state index in [9.17, 15) is 14.4 Å². The van der Waals surface area contributed by atoms with Gasteiger partial charge in [-0.2, -0.15) is 0 Å². The molecule has 8 nitrogen and oxygen atoms in total. The van der Waals surface area contributed by atoms with Crippen LogP contribution in [0.4, 0.5) is 16.2 Å². The van der Waals surface area contributed by atoms with Crippen molar-refractivity contribution in [3.05, 3.63) is 34.3 Å². The third kappa shape index (κ3) is 2.91. The van der Waals surface area contributed by atoms with Gasteiger partial charge in [0.1, 0.15) is 11.7 Å². The van der Waals surface area contributed by atoms with E-state index < -0.39 is 12.1 Å². The lowest BCUT2D eigenvalue weighted by Gasteiger charge is -2.26. The molecule has 0 aliphatic carbocycles. The predicted octanol–water partition coefficient (Wildman–Crippen LogP) is 1.58. The maximum atomic E-state index is 12.6.